The molecule has 2 N–H and O–H groups in total. The van der Waals surface area contributed by atoms with Crippen LogP contribution in [0.2, 0.25) is 0 Å². The van der Waals surface area contributed by atoms with Crippen LogP contribution in [0.25, 0.3) is 0 Å². The summed E-state index contributed by atoms with van der Waals surface area (Å²) in [7, 11) is 0. The van der Waals surface area contributed by atoms with Crippen molar-refractivity contribution in [3.05, 3.63) is 71.8 Å². The molecule has 1 fully saturated rings. The van der Waals surface area contributed by atoms with Crippen molar-refractivity contribution < 1.29 is 9.59 Å². The maximum Gasteiger partial charge on any atom is 0.251 e. The van der Waals surface area contributed by atoms with Gasteiger partial charge in [-0.15, -0.1) is 0 Å². The first kappa shape index (κ1) is 20.1. The van der Waals surface area contributed by atoms with E-state index in [0.717, 1.165) is 25.2 Å². The number of carbonyl (C=O) groups is 2. The largest absolute Gasteiger partial charge is 0.349 e. The molecule has 0 bridgehead atoms. The van der Waals surface area contributed by atoms with E-state index in [9.17, 15) is 9.59 Å². The van der Waals surface area contributed by atoms with E-state index < -0.39 is 0 Å². The average Bonchev–Trinajstić information content (AvgIpc) is 3.22. The van der Waals surface area contributed by atoms with Gasteiger partial charge in [0.2, 0.25) is 5.91 Å². The van der Waals surface area contributed by atoms with Gasteiger partial charge in [-0.05, 0) is 50.6 Å². The van der Waals surface area contributed by atoms with Crippen LogP contribution < -0.4 is 10.6 Å². The molecule has 5 heteroatoms. The zero-order valence-corrected chi connectivity index (χ0v) is 16.4. The highest BCUT2D eigenvalue weighted by Crippen LogP contribution is 2.18. The Bertz CT molecular complexity index is 758. The third-order valence-corrected chi connectivity index (χ3v) is 5.08. The summed E-state index contributed by atoms with van der Waals surface area (Å²) in [6.07, 6.45) is 2.69. The number of carbonyl (C=O) groups excluding carboxylic acids is 2. The zero-order valence-electron chi connectivity index (χ0n) is 16.4. The maximum absolute atomic E-state index is 12.6. The minimum absolute atomic E-state index is 0.0381. The maximum atomic E-state index is 12.6. The number of hydrogen-bond donors (Lipinski definition) is 2. The Morgan fingerprint density at radius 3 is 2.18 bits per heavy atom. The van der Waals surface area contributed by atoms with Crippen LogP contribution in [0.15, 0.2) is 60.7 Å². The predicted octanol–water partition coefficient (Wildman–Crippen LogP) is 3.15. The molecule has 28 heavy (non-hydrogen) atoms. The predicted molar refractivity (Wildman–Crippen MR) is 111 cm³/mol. The third kappa shape index (κ3) is 5.92. The van der Waals surface area contributed by atoms with E-state index in [1.165, 1.54) is 12.8 Å². The molecule has 2 aromatic rings. The van der Waals surface area contributed by atoms with Gasteiger partial charge in [0.15, 0.2) is 0 Å². The summed E-state index contributed by atoms with van der Waals surface area (Å²) in [6.45, 7) is 4.85. The number of nitrogens with zero attached hydrogens (tertiary/aromatic N) is 1. The Morgan fingerprint density at radius 1 is 0.929 bits per heavy atom. The second-order valence-corrected chi connectivity index (χ2v) is 7.48. The minimum Gasteiger partial charge on any atom is -0.349 e. The lowest BCUT2D eigenvalue weighted by atomic mass is 10.1. The Hall–Kier alpha value is -2.66. The monoisotopic (exact) mass is 379 g/mol. The summed E-state index contributed by atoms with van der Waals surface area (Å²) in [5, 5.41) is 6.08. The molecular weight excluding hydrogens is 350 g/mol. The molecule has 2 amide bonds. The van der Waals surface area contributed by atoms with Gasteiger partial charge < -0.3 is 15.5 Å². The van der Waals surface area contributed by atoms with E-state index in [2.05, 4.69) is 27.7 Å². The van der Waals surface area contributed by atoms with Crippen LogP contribution in [0.1, 0.15) is 48.1 Å². The molecule has 148 valence electrons. The number of likely N-dealkylation sites (tertiary alicyclic amines) is 1. The van der Waals surface area contributed by atoms with Gasteiger partial charge in [0, 0.05) is 24.6 Å². The molecule has 0 saturated carbocycles. The lowest BCUT2D eigenvalue weighted by Crippen LogP contribution is -2.41. The first-order chi connectivity index (χ1) is 13.6. The van der Waals surface area contributed by atoms with Crippen LogP contribution in [0.4, 0.5) is 0 Å². The van der Waals surface area contributed by atoms with Gasteiger partial charge in [0.1, 0.15) is 0 Å². The fraction of sp³-hybridized carbons (Fsp3) is 0.391. The summed E-state index contributed by atoms with van der Waals surface area (Å²) in [6, 6.07) is 18.9. The first-order valence-electron chi connectivity index (χ1n) is 10.0. The molecule has 2 atom stereocenters. The van der Waals surface area contributed by atoms with Crippen LogP contribution in [-0.4, -0.2) is 42.4 Å². The molecule has 2 unspecified atom stereocenters. The summed E-state index contributed by atoms with van der Waals surface area (Å²) in [4.78, 5) is 27.3. The summed E-state index contributed by atoms with van der Waals surface area (Å²) in [5.41, 5.74) is 1.72. The summed E-state index contributed by atoms with van der Waals surface area (Å²) >= 11 is 0. The topological polar surface area (TPSA) is 61.4 Å². The van der Waals surface area contributed by atoms with E-state index in [4.69, 9.17) is 0 Å². The van der Waals surface area contributed by atoms with E-state index in [1.54, 1.807) is 12.1 Å². The Balaban J connectivity index is 1.56. The molecule has 0 aromatic heterocycles. The second-order valence-electron chi connectivity index (χ2n) is 7.48. The fourth-order valence-corrected chi connectivity index (χ4v) is 3.62. The Morgan fingerprint density at radius 2 is 1.54 bits per heavy atom. The molecule has 0 aliphatic carbocycles. The van der Waals surface area contributed by atoms with Crippen molar-refractivity contribution in [2.45, 2.75) is 38.3 Å². The lowest BCUT2D eigenvalue weighted by molar-refractivity contribution is -0.122. The second kappa shape index (κ2) is 10.0. The molecule has 0 spiro atoms. The van der Waals surface area contributed by atoms with Crippen molar-refractivity contribution in [2.75, 3.05) is 19.6 Å². The molecule has 0 radical (unpaired) electrons. The highest BCUT2D eigenvalue weighted by molar-refractivity contribution is 5.94. The number of nitrogens with one attached hydrogen (secondary N) is 2. The van der Waals surface area contributed by atoms with Crippen molar-refractivity contribution in [1.29, 1.82) is 0 Å². The highest BCUT2D eigenvalue weighted by atomic mass is 16.2. The van der Waals surface area contributed by atoms with Crippen molar-refractivity contribution in [3.8, 4) is 0 Å². The summed E-state index contributed by atoms with van der Waals surface area (Å²) < 4.78 is 0. The van der Waals surface area contributed by atoms with Crippen LogP contribution >= 0.6 is 0 Å². The van der Waals surface area contributed by atoms with Crippen molar-refractivity contribution in [2.24, 2.45) is 0 Å². The van der Waals surface area contributed by atoms with Gasteiger partial charge >= 0.3 is 0 Å². The van der Waals surface area contributed by atoms with Crippen LogP contribution in [0, 0.1) is 0 Å². The van der Waals surface area contributed by atoms with Crippen LogP contribution in [-0.2, 0) is 4.79 Å². The van der Waals surface area contributed by atoms with Gasteiger partial charge in [-0.2, -0.15) is 0 Å². The number of benzene rings is 2. The Kier molecular flexibility index (Phi) is 7.20. The zero-order chi connectivity index (χ0) is 19.8. The van der Waals surface area contributed by atoms with Gasteiger partial charge in [-0.25, -0.2) is 0 Å². The molecule has 1 aliphatic rings. The molecule has 1 aliphatic heterocycles. The standard InChI is InChI=1S/C23H29N3O2/c1-18(24-23(28)20-12-6-3-7-13-20)16-22(27)25-21(17-26-14-8-9-15-26)19-10-4-2-5-11-19/h2-7,10-13,18,21H,8-9,14-17H2,1H3,(H,24,28)(H,25,27). The highest BCUT2D eigenvalue weighted by Gasteiger charge is 2.21. The van der Waals surface area contributed by atoms with E-state index in [0.29, 0.717) is 5.56 Å². The fourth-order valence-electron chi connectivity index (χ4n) is 3.62. The van der Waals surface area contributed by atoms with Gasteiger partial charge in [-0.3, -0.25) is 9.59 Å². The lowest BCUT2D eigenvalue weighted by Gasteiger charge is -2.25. The minimum atomic E-state index is -0.240. The Labute approximate surface area is 167 Å². The van der Waals surface area contributed by atoms with Crippen molar-refractivity contribution >= 4 is 11.8 Å². The van der Waals surface area contributed by atoms with Gasteiger partial charge in [-0.1, -0.05) is 48.5 Å². The van der Waals surface area contributed by atoms with Gasteiger partial charge in [0.05, 0.1) is 6.04 Å². The SMILES string of the molecule is CC(CC(=O)NC(CN1CCCC1)c1ccccc1)NC(=O)c1ccccc1. The summed E-state index contributed by atoms with van der Waals surface area (Å²) in [5.74, 6) is -0.202. The van der Waals surface area contributed by atoms with Crippen molar-refractivity contribution in [1.82, 2.24) is 15.5 Å². The van der Waals surface area contributed by atoms with Crippen LogP contribution in [0.5, 0.6) is 0 Å². The molecule has 1 saturated heterocycles. The molecular formula is C23H29N3O2. The molecule has 1 heterocycles. The molecule has 5 nitrogen and oxygen atoms in total. The van der Waals surface area contributed by atoms with E-state index >= 15 is 0 Å². The quantitative estimate of drug-likeness (QED) is 0.741. The van der Waals surface area contributed by atoms with Crippen LogP contribution in [0.3, 0.4) is 0 Å². The van der Waals surface area contributed by atoms with E-state index in [-0.39, 0.29) is 30.3 Å². The van der Waals surface area contributed by atoms with Gasteiger partial charge in [0.25, 0.3) is 5.91 Å². The number of hydrogen-bond acceptors (Lipinski definition) is 3. The normalized spacial score (nSPS) is 16.3. The van der Waals surface area contributed by atoms with Crippen molar-refractivity contribution in [3.63, 3.8) is 0 Å². The first-order valence-corrected chi connectivity index (χ1v) is 10.0. The number of rotatable bonds is 8. The molecule has 2 aromatic carbocycles. The third-order valence-electron chi connectivity index (χ3n) is 5.08. The number of amides is 2. The molecule has 3 rings (SSSR count). The smallest absolute Gasteiger partial charge is 0.251 e. The average molecular weight is 380 g/mol. The van der Waals surface area contributed by atoms with E-state index in [1.807, 2.05) is 43.3 Å².